The molecule has 0 spiro atoms. The van der Waals surface area contributed by atoms with Crippen molar-refractivity contribution in [3.8, 4) is 0 Å². The summed E-state index contributed by atoms with van der Waals surface area (Å²) in [6, 6.07) is 18.8. The summed E-state index contributed by atoms with van der Waals surface area (Å²) in [6.45, 7) is -0.583. The number of nitrogens with zero attached hydrogens (tertiary/aromatic N) is 1. The molecule has 1 heterocycles. The number of carbonyl (C=O) groups is 1. The van der Waals surface area contributed by atoms with Crippen LogP contribution in [0.25, 0.3) is 0 Å². The Kier molecular flexibility index (Phi) is 6.62. The molecule has 0 bridgehead atoms. The number of alkyl halides is 3. The van der Waals surface area contributed by atoms with Crippen LogP contribution >= 0.6 is 11.6 Å². The standard InChI is InChI=1S/C22H18ClF3N2O2/c23-18-12-17(22(24,25)26)13-28(21(18)30)14-20(29)27-19(16-9-5-2-6-10-16)11-15-7-3-1-4-8-15/h1-10,12-13,19H,11,14H2,(H,27,29). The molecule has 4 nitrogen and oxygen atoms in total. The number of aromatic nitrogens is 1. The average molecular weight is 435 g/mol. The summed E-state index contributed by atoms with van der Waals surface area (Å²) in [4.78, 5) is 24.7. The molecule has 1 unspecified atom stereocenters. The van der Waals surface area contributed by atoms with Gasteiger partial charge < -0.3 is 9.88 Å². The molecule has 1 atom stereocenters. The second-order valence-corrected chi connectivity index (χ2v) is 7.14. The highest BCUT2D eigenvalue weighted by atomic mass is 35.5. The Morgan fingerprint density at radius 3 is 2.23 bits per heavy atom. The van der Waals surface area contributed by atoms with Gasteiger partial charge in [-0.1, -0.05) is 72.3 Å². The molecule has 3 aromatic rings. The first-order valence-corrected chi connectivity index (χ1v) is 9.47. The fraction of sp³-hybridized carbons (Fsp3) is 0.182. The van der Waals surface area contributed by atoms with E-state index >= 15 is 0 Å². The van der Waals surface area contributed by atoms with Gasteiger partial charge in [0.2, 0.25) is 5.91 Å². The number of benzene rings is 2. The Morgan fingerprint density at radius 2 is 1.63 bits per heavy atom. The molecule has 1 aromatic heterocycles. The summed E-state index contributed by atoms with van der Waals surface area (Å²) in [5.41, 5.74) is -0.141. The van der Waals surface area contributed by atoms with Crippen molar-refractivity contribution in [1.82, 2.24) is 9.88 Å². The summed E-state index contributed by atoms with van der Waals surface area (Å²) in [6.07, 6.45) is -3.60. The van der Waals surface area contributed by atoms with Crippen molar-refractivity contribution in [2.24, 2.45) is 0 Å². The topological polar surface area (TPSA) is 51.1 Å². The molecule has 0 saturated carbocycles. The smallest absolute Gasteiger partial charge is 0.347 e. The van der Waals surface area contributed by atoms with Gasteiger partial charge in [0.1, 0.15) is 11.6 Å². The van der Waals surface area contributed by atoms with Gasteiger partial charge in [-0.2, -0.15) is 13.2 Å². The van der Waals surface area contributed by atoms with Crippen molar-refractivity contribution in [3.05, 3.63) is 105 Å². The van der Waals surface area contributed by atoms with Crippen molar-refractivity contribution in [2.45, 2.75) is 25.2 Å². The van der Waals surface area contributed by atoms with Gasteiger partial charge in [-0.05, 0) is 23.6 Å². The molecule has 2 aromatic carbocycles. The molecule has 8 heteroatoms. The third-order valence-corrected chi connectivity index (χ3v) is 4.77. The van der Waals surface area contributed by atoms with E-state index in [1.807, 2.05) is 60.7 Å². The molecule has 0 aliphatic rings. The lowest BCUT2D eigenvalue weighted by molar-refractivity contribution is -0.138. The van der Waals surface area contributed by atoms with Gasteiger partial charge in [0.25, 0.3) is 5.56 Å². The highest BCUT2D eigenvalue weighted by Gasteiger charge is 2.32. The SMILES string of the molecule is O=C(Cn1cc(C(F)(F)F)cc(Cl)c1=O)NC(Cc1ccccc1)c1ccccc1. The van der Waals surface area contributed by atoms with E-state index in [1.54, 1.807) is 0 Å². The molecule has 1 N–H and O–H groups in total. The van der Waals surface area contributed by atoms with Gasteiger partial charge in [-0.3, -0.25) is 9.59 Å². The molecule has 1 amide bonds. The van der Waals surface area contributed by atoms with Crippen LogP contribution in [0, 0.1) is 0 Å². The molecule has 0 aliphatic carbocycles. The van der Waals surface area contributed by atoms with Gasteiger partial charge in [-0.15, -0.1) is 0 Å². The first kappa shape index (κ1) is 21.6. The van der Waals surface area contributed by atoms with Crippen molar-refractivity contribution in [2.75, 3.05) is 0 Å². The maximum Gasteiger partial charge on any atom is 0.417 e. The molecule has 3 rings (SSSR count). The van der Waals surface area contributed by atoms with Crippen LogP contribution in [0.5, 0.6) is 0 Å². The van der Waals surface area contributed by atoms with Crippen molar-refractivity contribution >= 4 is 17.5 Å². The Balaban J connectivity index is 1.83. The third kappa shape index (κ3) is 5.51. The number of nitrogens with one attached hydrogen (secondary N) is 1. The van der Waals surface area contributed by atoms with Crippen molar-refractivity contribution in [1.29, 1.82) is 0 Å². The van der Waals surface area contributed by atoms with Crippen LogP contribution in [-0.4, -0.2) is 10.5 Å². The molecular formula is C22H18ClF3N2O2. The van der Waals surface area contributed by atoms with Gasteiger partial charge in [0, 0.05) is 6.20 Å². The maximum absolute atomic E-state index is 13.0. The highest BCUT2D eigenvalue weighted by molar-refractivity contribution is 6.30. The molecule has 0 aliphatic heterocycles. The largest absolute Gasteiger partial charge is 0.417 e. The molecule has 0 saturated heterocycles. The minimum Gasteiger partial charge on any atom is -0.347 e. The summed E-state index contributed by atoms with van der Waals surface area (Å²) >= 11 is 5.65. The van der Waals surface area contributed by atoms with E-state index < -0.39 is 40.8 Å². The Morgan fingerprint density at radius 1 is 1.03 bits per heavy atom. The maximum atomic E-state index is 13.0. The zero-order chi connectivity index (χ0) is 21.7. The van der Waals surface area contributed by atoms with Gasteiger partial charge in [0.05, 0.1) is 11.6 Å². The quantitative estimate of drug-likeness (QED) is 0.615. The van der Waals surface area contributed by atoms with Crippen LogP contribution in [0.1, 0.15) is 22.7 Å². The van der Waals surface area contributed by atoms with Gasteiger partial charge in [-0.25, -0.2) is 0 Å². The van der Waals surface area contributed by atoms with E-state index in [0.717, 1.165) is 11.1 Å². The van der Waals surface area contributed by atoms with Crippen LogP contribution in [0.3, 0.4) is 0 Å². The summed E-state index contributed by atoms with van der Waals surface area (Å²) in [5.74, 6) is -0.600. The van der Waals surface area contributed by atoms with Gasteiger partial charge >= 0.3 is 6.18 Å². The number of carbonyl (C=O) groups excluding carboxylic acids is 1. The minimum absolute atomic E-state index is 0.418. The Bertz CT molecular complexity index is 1070. The summed E-state index contributed by atoms with van der Waals surface area (Å²) < 4.78 is 39.7. The number of halogens is 4. The number of pyridine rings is 1. The van der Waals surface area contributed by atoms with Crippen LogP contribution in [0.15, 0.2) is 77.7 Å². The number of amides is 1. The fourth-order valence-electron chi connectivity index (χ4n) is 3.05. The van der Waals surface area contributed by atoms with E-state index in [-0.39, 0.29) is 0 Å². The van der Waals surface area contributed by atoms with E-state index in [1.165, 1.54) is 0 Å². The predicted molar refractivity (Wildman–Crippen MR) is 108 cm³/mol. The minimum atomic E-state index is -4.69. The van der Waals surface area contributed by atoms with Crippen LogP contribution in [0.2, 0.25) is 5.02 Å². The lowest BCUT2D eigenvalue weighted by atomic mass is 9.99. The average Bonchev–Trinajstić information content (AvgIpc) is 2.71. The third-order valence-electron chi connectivity index (χ3n) is 4.50. The lowest BCUT2D eigenvalue weighted by Crippen LogP contribution is -2.36. The highest BCUT2D eigenvalue weighted by Crippen LogP contribution is 2.29. The molecule has 0 radical (unpaired) electrons. The van der Waals surface area contributed by atoms with Crippen LogP contribution in [-0.2, 0) is 23.9 Å². The zero-order valence-corrected chi connectivity index (χ0v) is 16.5. The Labute approximate surface area is 175 Å². The number of rotatable bonds is 6. The summed E-state index contributed by atoms with van der Waals surface area (Å²) in [5, 5.41) is 2.22. The second-order valence-electron chi connectivity index (χ2n) is 6.73. The van der Waals surface area contributed by atoms with Crippen molar-refractivity contribution < 1.29 is 18.0 Å². The first-order valence-electron chi connectivity index (χ1n) is 9.09. The van der Waals surface area contributed by atoms with E-state index in [9.17, 15) is 22.8 Å². The number of hydrogen-bond acceptors (Lipinski definition) is 2. The second kappa shape index (κ2) is 9.17. The van der Waals surface area contributed by atoms with E-state index in [2.05, 4.69) is 5.32 Å². The predicted octanol–water partition coefficient (Wildman–Crippen LogP) is 4.62. The van der Waals surface area contributed by atoms with E-state index in [4.69, 9.17) is 11.6 Å². The zero-order valence-electron chi connectivity index (χ0n) is 15.7. The Hall–Kier alpha value is -3.06. The first-order chi connectivity index (χ1) is 14.2. The molecule has 30 heavy (non-hydrogen) atoms. The van der Waals surface area contributed by atoms with Gasteiger partial charge in [0.15, 0.2) is 0 Å². The molecule has 156 valence electrons. The van der Waals surface area contributed by atoms with Crippen molar-refractivity contribution in [3.63, 3.8) is 0 Å². The number of hydrogen-bond donors (Lipinski definition) is 1. The molecule has 0 fully saturated rings. The lowest BCUT2D eigenvalue weighted by Gasteiger charge is -2.20. The van der Waals surface area contributed by atoms with E-state index in [0.29, 0.717) is 23.3 Å². The molecular weight excluding hydrogens is 417 g/mol. The summed E-state index contributed by atoms with van der Waals surface area (Å²) in [7, 11) is 0. The van der Waals surface area contributed by atoms with Crippen LogP contribution < -0.4 is 10.9 Å². The van der Waals surface area contributed by atoms with Crippen LogP contribution in [0.4, 0.5) is 13.2 Å². The fourth-order valence-corrected chi connectivity index (χ4v) is 3.28. The normalized spacial score (nSPS) is 12.4. The monoisotopic (exact) mass is 434 g/mol.